The number of carbonyl (C=O) groups excluding carboxylic acids is 2. The third kappa shape index (κ3) is 4.44. The Morgan fingerprint density at radius 2 is 2.00 bits per heavy atom. The molecule has 0 bridgehead atoms. The van der Waals surface area contributed by atoms with Crippen LogP contribution in [0.3, 0.4) is 0 Å². The average Bonchev–Trinajstić information content (AvgIpc) is 2.31. The first-order chi connectivity index (χ1) is 8.04. The van der Waals surface area contributed by atoms with Crippen molar-refractivity contribution in [2.45, 2.75) is 32.2 Å². The van der Waals surface area contributed by atoms with E-state index in [1.165, 1.54) is 0 Å². The van der Waals surface area contributed by atoms with Gasteiger partial charge in [-0.3, -0.25) is 4.79 Å². The van der Waals surface area contributed by atoms with Gasteiger partial charge in [-0.05, 0) is 45.8 Å². The second-order valence-corrected chi connectivity index (χ2v) is 4.65. The molecule has 0 aromatic heterocycles. The van der Waals surface area contributed by atoms with Crippen LogP contribution in [-0.4, -0.2) is 49.4 Å². The van der Waals surface area contributed by atoms with E-state index in [1.807, 2.05) is 0 Å². The van der Waals surface area contributed by atoms with Crippen LogP contribution in [0.4, 0.5) is 0 Å². The van der Waals surface area contributed by atoms with Gasteiger partial charge in [0.2, 0.25) is 0 Å². The summed E-state index contributed by atoms with van der Waals surface area (Å²) >= 11 is 0. The number of hydrogen-bond acceptors (Lipinski definition) is 5. The lowest BCUT2D eigenvalue weighted by molar-refractivity contribution is -0.147. The number of ether oxygens (including phenoxy) is 1. The molecule has 0 aromatic carbocycles. The number of rotatable bonds is 5. The van der Waals surface area contributed by atoms with Gasteiger partial charge < -0.3 is 15.4 Å². The van der Waals surface area contributed by atoms with E-state index < -0.39 is 12.0 Å². The number of hydrogen-bond donors (Lipinski definition) is 1. The second-order valence-electron chi connectivity index (χ2n) is 4.65. The number of carbonyl (C=O) groups is 2. The summed E-state index contributed by atoms with van der Waals surface area (Å²) in [5.41, 5.74) is 5.56. The van der Waals surface area contributed by atoms with E-state index in [0.29, 0.717) is 12.3 Å². The van der Waals surface area contributed by atoms with E-state index in [9.17, 15) is 9.59 Å². The fourth-order valence-corrected chi connectivity index (χ4v) is 2.04. The molecule has 17 heavy (non-hydrogen) atoms. The predicted molar refractivity (Wildman–Crippen MR) is 64.5 cm³/mol. The second kappa shape index (κ2) is 6.71. The van der Waals surface area contributed by atoms with E-state index >= 15 is 0 Å². The van der Waals surface area contributed by atoms with Crippen molar-refractivity contribution < 1.29 is 14.3 Å². The highest BCUT2D eigenvalue weighted by atomic mass is 16.5. The zero-order valence-electron chi connectivity index (χ0n) is 10.6. The molecule has 0 saturated carbocycles. The molecule has 2 N–H and O–H groups in total. The molecule has 5 heteroatoms. The molecule has 98 valence electrons. The van der Waals surface area contributed by atoms with Gasteiger partial charge in [-0.15, -0.1) is 0 Å². The van der Waals surface area contributed by atoms with Crippen LogP contribution in [0.5, 0.6) is 0 Å². The first-order valence-electron chi connectivity index (χ1n) is 6.18. The molecule has 5 nitrogen and oxygen atoms in total. The van der Waals surface area contributed by atoms with Crippen molar-refractivity contribution >= 4 is 11.8 Å². The maximum Gasteiger partial charge on any atom is 0.330 e. The van der Waals surface area contributed by atoms with E-state index in [1.54, 1.807) is 6.92 Å². The van der Waals surface area contributed by atoms with Crippen molar-refractivity contribution in [1.29, 1.82) is 0 Å². The van der Waals surface area contributed by atoms with Crippen LogP contribution < -0.4 is 5.73 Å². The smallest absolute Gasteiger partial charge is 0.330 e. The minimum atomic E-state index is -1.10. The fraction of sp³-hybridized carbons (Fsp3) is 0.833. The molecule has 1 aliphatic rings. The van der Waals surface area contributed by atoms with Crippen LogP contribution in [0.25, 0.3) is 0 Å². The fourth-order valence-electron chi connectivity index (χ4n) is 2.04. The van der Waals surface area contributed by atoms with E-state index in [2.05, 4.69) is 11.9 Å². The van der Waals surface area contributed by atoms with Gasteiger partial charge in [0.25, 0.3) is 0 Å². The number of likely N-dealkylation sites (tertiary alicyclic amines) is 1. The van der Waals surface area contributed by atoms with Crippen LogP contribution in [0, 0.1) is 5.92 Å². The predicted octanol–water partition coefficient (Wildman–Crippen LogP) is 0.178. The number of esters is 1. The highest BCUT2D eigenvalue weighted by Gasteiger charge is 2.27. The Bertz CT molecular complexity index is 273. The standard InChI is InChI=1S/C12H22N2O3/c1-3-17-12(16)11(13)10(15)8-9-4-6-14(2)7-5-9/h9,11H,3-8,13H2,1-2H3. The van der Waals surface area contributed by atoms with Gasteiger partial charge in [-0.2, -0.15) is 0 Å². The summed E-state index contributed by atoms with van der Waals surface area (Å²) in [6, 6.07) is -1.10. The van der Waals surface area contributed by atoms with Crippen molar-refractivity contribution in [3.8, 4) is 0 Å². The third-order valence-corrected chi connectivity index (χ3v) is 3.22. The Hall–Kier alpha value is -0.940. The zero-order chi connectivity index (χ0) is 12.8. The number of piperidine rings is 1. The normalized spacial score (nSPS) is 19.9. The summed E-state index contributed by atoms with van der Waals surface area (Å²) in [6.45, 7) is 3.97. The first kappa shape index (κ1) is 14.1. The van der Waals surface area contributed by atoms with E-state index in [-0.39, 0.29) is 12.4 Å². The van der Waals surface area contributed by atoms with E-state index in [0.717, 1.165) is 25.9 Å². The Balaban J connectivity index is 2.35. The molecule has 0 radical (unpaired) electrons. The highest BCUT2D eigenvalue weighted by Crippen LogP contribution is 2.20. The molecule has 0 spiro atoms. The lowest BCUT2D eigenvalue weighted by Crippen LogP contribution is -2.41. The van der Waals surface area contributed by atoms with Crippen molar-refractivity contribution in [2.75, 3.05) is 26.7 Å². The number of nitrogens with two attached hydrogens (primary N) is 1. The molecule has 1 heterocycles. The van der Waals surface area contributed by atoms with Gasteiger partial charge in [0, 0.05) is 6.42 Å². The number of ketones is 1. The number of Topliss-reactive ketones (excluding diaryl/α,β-unsaturated/α-hetero) is 1. The van der Waals surface area contributed by atoms with Crippen LogP contribution >= 0.6 is 0 Å². The zero-order valence-corrected chi connectivity index (χ0v) is 10.6. The molecule has 0 amide bonds. The van der Waals surface area contributed by atoms with Crippen molar-refractivity contribution in [3.63, 3.8) is 0 Å². The molecule has 1 rings (SSSR count). The minimum Gasteiger partial charge on any atom is -0.464 e. The molecule has 1 aliphatic heterocycles. The summed E-state index contributed by atoms with van der Waals surface area (Å²) in [5.74, 6) is -0.442. The Morgan fingerprint density at radius 3 is 2.53 bits per heavy atom. The molecule has 1 saturated heterocycles. The SMILES string of the molecule is CCOC(=O)C(N)C(=O)CC1CCN(C)CC1. The quantitative estimate of drug-likeness (QED) is 0.550. The molecule has 0 aromatic rings. The van der Waals surface area contributed by atoms with Crippen molar-refractivity contribution in [2.24, 2.45) is 11.7 Å². The van der Waals surface area contributed by atoms with E-state index in [4.69, 9.17) is 10.5 Å². The van der Waals surface area contributed by atoms with Crippen molar-refractivity contribution in [3.05, 3.63) is 0 Å². The minimum absolute atomic E-state index is 0.196. The monoisotopic (exact) mass is 242 g/mol. The lowest BCUT2D eigenvalue weighted by Gasteiger charge is -2.28. The molecule has 1 atom stereocenters. The number of nitrogens with zero attached hydrogens (tertiary/aromatic N) is 1. The maximum absolute atomic E-state index is 11.8. The topological polar surface area (TPSA) is 72.6 Å². The Kier molecular flexibility index (Phi) is 5.58. The summed E-state index contributed by atoms with van der Waals surface area (Å²) < 4.78 is 4.74. The van der Waals surface area contributed by atoms with Gasteiger partial charge in [-0.1, -0.05) is 0 Å². The molecule has 0 aliphatic carbocycles. The molecular weight excluding hydrogens is 220 g/mol. The van der Waals surface area contributed by atoms with Gasteiger partial charge in [-0.25, -0.2) is 4.79 Å². The van der Waals surface area contributed by atoms with Crippen LogP contribution in [0.1, 0.15) is 26.2 Å². The molecular formula is C12H22N2O3. The average molecular weight is 242 g/mol. The summed E-state index contributed by atoms with van der Waals surface area (Å²) in [4.78, 5) is 25.3. The van der Waals surface area contributed by atoms with Gasteiger partial charge in [0.1, 0.15) is 0 Å². The van der Waals surface area contributed by atoms with Gasteiger partial charge in [0.05, 0.1) is 6.61 Å². The highest BCUT2D eigenvalue weighted by molar-refractivity contribution is 6.02. The van der Waals surface area contributed by atoms with Crippen LogP contribution in [0.2, 0.25) is 0 Å². The first-order valence-corrected chi connectivity index (χ1v) is 6.18. The Labute approximate surface area is 102 Å². The largest absolute Gasteiger partial charge is 0.464 e. The lowest BCUT2D eigenvalue weighted by atomic mass is 9.90. The third-order valence-electron chi connectivity index (χ3n) is 3.22. The maximum atomic E-state index is 11.8. The summed E-state index contributed by atoms with van der Waals surface area (Å²) in [7, 11) is 2.07. The Morgan fingerprint density at radius 1 is 1.41 bits per heavy atom. The van der Waals surface area contributed by atoms with Gasteiger partial charge in [0.15, 0.2) is 11.8 Å². The van der Waals surface area contributed by atoms with Crippen LogP contribution in [0.15, 0.2) is 0 Å². The molecule has 1 unspecified atom stereocenters. The van der Waals surface area contributed by atoms with Crippen molar-refractivity contribution in [1.82, 2.24) is 4.90 Å². The van der Waals surface area contributed by atoms with Crippen LogP contribution in [-0.2, 0) is 14.3 Å². The van der Waals surface area contributed by atoms with Gasteiger partial charge >= 0.3 is 5.97 Å². The molecule has 1 fully saturated rings. The summed E-state index contributed by atoms with van der Waals surface area (Å²) in [5, 5.41) is 0. The summed E-state index contributed by atoms with van der Waals surface area (Å²) in [6.07, 6.45) is 2.39.